The highest BCUT2D eigenvalue weighted by Gasteiger charge is 2.49. The summed E-state index contributed by atoms with van der Waals surface area (Å²) in [5.41, 5.74) is 2.23. The summed E-state index contributed by atoms with van der Waals surface area (Å²) in [6.07, 6.45) is 0. The fourth-order valence-corrected chi connectivity index (χ4v) is 3.29. The molecular formula is C20H18ClN3O. The third-order valence-corrected chi connectivity index (χ3v) is 4.74. The van der Waals surface area contributed by atoms with Crippen LogP contribution in [0.4, 0.5) is 11.4 Å². The van der Waals surface area contributed by atoms with Crippen molar-refractivity contribution < 1.29 is 4.79 Å². The normalized spacial score (nSPS) is 16.3. The molecule has 0 saturated carbocycles. The van der Waals surface area contributed by atoms with Gasteiger partial charge in [-0.2, -0.15) is 5.26 Å². The van der Waals surface area contributed by atoms with Crippen LogP contribution < -0.4 is 9.80 Å². The molecule has 3 rings (SSSR count). The van der Waals surface area contributed by atoms with Gasteiger partial charge in [-0.15, -0.1) is 0 Å². The predicted octanol–water partition coefficient (Wildman–Crippen LogP) is 4.62. The number of anilines is 2. The molecule has 0 atom stereocenters. The van der Waals surface area contributed by atoms with Gasteiger partial charge in [-0.25, -0.2) is 0 Å². The van der Waals surface area contributed by atoms with Gasteiger partial charge < -0.3 is 4.90 Å². The van der Waals surface area contributed by atoms with Crippen molar-refractivity contribution in [2.45, 2.75) is 26.3 Å². The first-order chi connectivity index (χ1) is 11.8. The smallest absolute Gasteiger partial charge is 0.258 e. The largest absolute Gasteiger partial charge is 0.313 e. The maximum absolute atomic E-state index is 13.1. The van der Waals surface area contributed by atoms with Gasteiger partial charge in [0.2, 0.25) is 0 Å². The summed E-state index contributed by atoms with van der Waals surface area (Å²) in [7, 11) is 0. The molecule has 1 heterocycles. The highest BCUT2D eigenvalue weighted by Crippen LogP contribution is 2.40. The topological polar surface area (TPSA) is 47.3 Å². The third kappa shape index (κ3) is 2.67. The molecule has 1 aliphatic rings. The Hall–Kier alpha value is -2.77. The van der Waals surface area contributed by atoms with Gasteiger partial charge in [-0.1, -0.05) is 35.9 Å². The van der Waals surface area contributed by atoms with Gasteiger partial charge in [-0.05, 0) is 51.1 Å². The number of nitrogens with zero attached hydrogens (tertiary/aromatic N) is 3. The van der Waals surface area contributed by atoms with E-state index in [1.807, 2.05) is 56.0 Å². The van der Waals surface area contributed by atoms with Crippen LogP contribution in [0.5, 0.6) is 0 Å². The molecule has 4 nitrogen and oxygen atoms in total. The molecule has 1 fully saturated rings. The van der Waals surface area contributed by atoms with Crippen molar-refractivity contribution in [2.75, 3.05) is 9.80 Å². The van der Waals surface area contributed by atoms with Gasteiger partial charge in [0.1, 0.15) is 17.4 Å². The number of amides is 1. The number of nitriles is 1. The molecule has 2 aromatic carbocycles. The van der Waals surface area contributed by atoms with Crippen LogP contribution in [0.25, 0.3) is 0 Å². The average molecular weight is 352 g/mol. The Labute approximate surface area is 152 Å². The molecular weight excluding hydrogens is 334 g/mol. The summed E-state index contributed by atoms with van der Waals surface area (Å²) in [6.45, 7) is 9.88. The minimum Gasteiger partial charge on any atom is -0.313 e. The molecule has 126 valence electrons. The van der Waals surface area contributed by atoms with E-state index in [0.717, 1.165) is 11.3 Å². The van der Waals surface area contributed by atoms with E-state index in [4.69, 9.17) is 16.9 Å². The summed E-state index contributed by atoms with van der Waals surface area (Å²) in [6, 6.07) is 14.9. The molecule has 0 aliphatic carbocycles. The molecule has 0 aromatic heterocycles. The lowest BCUT2D eigenvalue weighted by Crippen LogP contribution is -2.43. The van der Waals surface area contributed by atoms with E-state index in [1.165, 1.54) is 0 Å². The second-order valence-corrected chi connectivity index (χ2v) is 6.97. The third-order valence-electron chi connectivity index (χ3n) is 4.43. The van der Waals surface area contributed by atoms with E-state index in [2.05, 4.69) is 6.58 Å². The Balaban J connectivity index is 2.07. The number of benzene rings is 2. The first kappa shape index (κ1) is 17.1. The fraction of sp³-hybridized carbons (Fsp3) is 0.200. The minimum atomic E-state index is -0.785. The van der Waals surface area contributed by atoms with Gasteiger partial charge in [-0.3, -0.25) is 9.69 Å². The van der Waals surface area contributed by atoms with Crippen LogP contribution in [-0.2, 0) is 4.79 Å². The van der Waals surface area contributed by atoms with Crippen LogP contribution >= 0.6 is 11.6 Å². The molecule has 0 bridgehead atoms. The molecule has 0 unspecified atom stereocenters. The summed E-state index contributed by atoms with van der Waals surface area (Å²) in [5, 5.41) is 9.35. The van der Waals surface area contributed by atoms with Crippen molar-refractivity contribution in [3.05, 3.63) is 71.0 Å². The van der Waals surface area contributed by atoms with Gasteiger partial charge in [0, 0.05) is 5.69 Å². The van der Waals surface area contributed by atoms with E-state index in [-0.39, 0.29) is 5.91 Å². The molecule has 1 aliphatic heterocycles. The number of hydrogen-bond donors (Lipinski definition) is 0. The van der Waals surface area contributed by atoms with Crippen LogP contribution in [-0.4, -0.2) is 11.4 Å². The summed E-state index contributed by atoms with van der Waals surface area (Å²) < 4.78 is 0. The van der Waals surface area contributed by atoms with Crippen LogP contribution in [0.15, 0.2) is 54.9 Å². The van der Waals surface area contributed by atoms with Crippen molar-refractivity contribution in [1.29, 1.82) is 5.26 Å². The lowest BCUT2D eigenvalue weighted by Gasteiger charge is -2.30. The molecule has 0 radical (unpaired) electrons. The predicted molar refractivity (Wildman–Crippen MR) is 101 cm³/mol. The number of carbonyl (C=O) groups is 1. The summed E-state index contributed by atoms with van der Waals surface area (Å²) >= 11 is 6.14. The zero-order valence-corrected chi connectivity index (χ0v) is 15.1. The van der Waals surface area contributed by atoms with E-state index >= 15 is 0 Å². The second-order valence-electron chi connectivity index (χ2n) is 6.56. The highest BCUT2D eigenvalue weighted by atomic mass is 35.5. The minimum absolute atomic E-state index is 0.0983. The van der Waals surface area contributed by atoms with Crippen molar-refractivity contribution in [2.24, 2.45) is 0 Å². The van der Waals surface area contributed by atoms with Gasteiger partial charge >= 0.3 is 0 Å². The zero-order valence-electron chi connectivity index (χ0n) is 14.4. The number of carbonyl (C=O) groups excluding carboxylic acids is 1. The van der Waals surface area contributed by atoms with Crippen molar-refractivity contribution >= 4 is 28.9 Å². The molecule has 1 amide bonds. The van der Waals surface area contributed by atoms with Crippen LogP contribution in [0.1, 0.15) is 25.0 Å². The van der Waals surface area contributed by atoms with Gasteiger partial charge in [0.25, 0.3) is 5.91 Å². The number of aryl methyl sites for hydroxylation is 1. The molecule has 2 aromatic rings. The monoisotopic (exact) mass is 351 g/mol. The van der Waals surface area contributed by atoms with E-state index in [1.54, 1.807) is 23.1 Å². The Kier molecular flexibility index (Phi) is 4.06. The van der Waals surface area contributed by atoms with E-state index in [0.29, 0.717) is 22.1 Å². The van der Waals surface area contributed by atoms with Gasteiger partial charge in [0.15, 0.2) is 0 Å². The number of hydrogen-bond acceptors (Lipinski definition) is 3. The Morgan fingerprint density at radius 1 is 1.12 bits per heavy atom. The van der Waals surface area contributed by atoms with Crippen LogP contribution in [0.2, 0.25) is 5.02 Å². The lowest BCUT2D eigenvalue weighted by atomic mass is 10.0. The Bertz CT molecular complexity index is 910. The van der Waals surface area contributed by atoms with Crippen molar-refractivity contribution in [3.8, 4) is 6.07 Å². The van der Waals surface area contributed by atoms with Crippen LogP contribution in [0.3, 0.4) is 0 Å². The average Bonchev–Trinajstić information content (AvgIpc) is 2.74. The molecule has 25 heavy (non-hydrogen) atoms. The first-order valence-corrected chi connectivity index (χ1v) is 8.25. The number of rotatable bonds is 2. The second kappa shape index (κ2) is 5.94. The van der Waals surface area contributed by atoms with E-state index < -0.39 is 5.54 Å². The van der Waals surface area contributed by atoms with Gasteiger partial charge in [0.05, 0.1) is 16.3 Å². The summed E-state index contributed by atoms with van der Waals surface area (Å²) in [5.74, 6) is 0.457. The number of halogens is 1. The molecule has 0 N–H and O–H groups in total. The maximum Gasteiger partial charge on any atom is 0.258 e. The highest BCUT2D eigenvalue weighted by molar-refractivity contribution is 6.32. The molecule has 5 heteroatoms. The Morgan fingerprint density at radius 3 is 2.28 bits per heavy atom. The van der Waals surface area contributed by atoms with E-state index in [9.17, 15) is 4.79 Å². The SMILES string of the molecule is C=C1N(c2ccc(C#N)c(Cl)c2)C(=O)C(C)(C)N1c1ccc(C)cc1. The van der Waals surface area contributed by atoms with Crippen LogP contribution in [0, 0.1) is 18.3 Å². The van der Waals surface area contributed by atoms with Crippen molar-refractivity contribution in [1.82, 2.24) is 0 Å². The quantitative estimate of drug-likeness (QED) is 0.792. The molecule has 0 spiro atoms. The zero-order chi connectivity index (χ0) is 18.4. The fourth-order valence-electron chi connectivity index (χ4n) is 3.07. The summed E-state index contributed by atoms with van der Waals surface area (Å²) in [4.78, 5) is 16.5. The standard InChI is InChI=1S/C20H18ClN3O/c1-13-5-8-16(9-6-13)24-14(2)23(19(25)20(24,3)4)17-10-7-15(12-22)18(21)11-17/h5-11H,2H2,1,3-4H3. The lowest BCUT2D eigenvalue weighted by molar-refractivity contribution is -0.120. The maximum atomic E-state index is 13.1. The molecule has 1 saturated heterocycles. The first-order valence-electron chi connectivity index (χ1n) is 7.87. The van der Waals surface area contributed by atoms with Crippen molar-refractivity contribution in [3.63, 3.8) is 0 Å². The Morgan fingerprint density at radius 2 is 1.72 bits per heavy atom.